The maximum atomic E-state index is 13.4. The molecule has 2 aromatic carbocycles. The molecule has 0 heterocycles. The van der Waals surface area contributed by atoms with Gasteiger partial charge in [0.25, 0.3) is 0 Å². The number of carbonyl (C=O) groups is 1. The normalized spacial score (nSPS) is 15.2. The molecule has 0 bridgehead atoms. The largest absolute Gasteiger partial charge is 0.335 e. The summed E-state index contributed by atoms with van der Waals surface area (Å²) < 4.78 is 13.4. The average molecular weight is 311 g/mol. The predicted octanol–water partition coefficient (Wildman–Crippen LogP) is 4.51. The van der Waals surface area contributed by atoms with Crippen LogP contribution in [0.1, 0.15) is 43.2 Å². The fraction of sp³-hybridized carbons (Fsp3) is 0.350. The Bertz CT molecular complexity index is 666. The maximum Gasteiger partial charge on any atom is 0.223 e. The molecule has 23 heavy (non-hydrogen) atoms. The van der Waals surface area contributed by atoms with E-state index < -0.39 is 0 Å². The molecule has 0 aliphatic heterocycles. The van der Waals surface area contributed by atoms with Gasteiger partial charge in [0.1, 0.15) is 5.82 Å². The summed E-state index contributed by atoms with van der Waals surface area (Å²) in [5.41, 5.74) is 2.04. The van der Waals surface area contributed by atoms with Gasteiger partial charge >= 0.3 is 0 Å². The van der Waals surface area contributed by atoms with Gasteiger partial charge in [0.2, 0.25) is 5.91 Å². The number of hydrogen-bond acceptors (Lipinski definition) is 1. The Kier molecular flexibility index (Phi) is 4.75. The van der Waals surface area contributed by atoms with E-state index in [2.05, 4.69) is 19.1 Å². The van der Waals surface area contributed by atoms with Gasteiger partial charge in [0.15, 0.2) is 0 Å². The Hall–Kier alpha value is -2.16. The minimum Gasteiger partial charge on any atom is -0.335 e. The minimum atomic E-state index is -0.247. The molecule has 120 valence electrons. The van der Waals surface area contributed by atoms with Crippen molar-refractivity contribution in [3.05, 3.63) is 71.5 Å². The first-order valence-corrected chi connectivity index (χ1v) is 8.22. The third-order valence-electron chi connectivity index (χ3n) is 4.40. The Morgan fingerprint density at radius 1 is 1.17 bits per heavy atom. The molecule has 1 amide bonds. The van der Waals surface area contributed by atoms with E-state index in [1.807, 2.05) is 29.2 Å². The van der Waals surface area contributed by atoms with Crippen molar-refractivity contribution in [3.63, 3.8) is 0 Å². The molecule has 1 atom stereocenters. The molecular formula is C20H22FNO. The lowest BCUT2D eigenvalue weighted by molar-refractivity contribution is -0.132. The molecular weight excluding hydrogens is 289 g/mol. The van der Waals surface area contributed by atoms with E-state index >= 15 is 0 Å². The second-order valence-electron chi connectivity index (χ2n) is 6.40. The molecule has 3 heteroatoms. The van der Waals surface area contributed by atoms with Crippen LogP contribution in [0, 0.1) is 5.82 Å². The zero-order valence-corrected chi connectivity index (χ0v) is 13.4. The van der Waals surface area contributed by atoms with E-state index in [4.69, 9.17) is 0 Å². The smallest absolute Gasteiger partial charge is 0.223 e. The van der Waals surface area contributed by atoms with Crippen LogP contribution in [0.5, 0.6) is 0 Å². The van der Waals surface area contributed by atoms with Crippen LogP contribution in [0.2, 0.25) is 0 Å². The van der Waals surface area contributed by atoms with Gasteiger partial charge in [0.05, 0.1) is 0 Å². The van der Waals surface area contributed by atoms with Crippen molar-refractivity contribution in [2.45, 2.75) is 44.7 Å². The summed E-state index contributed by atoms with van der Waals surface area (Å²) in [5.74, 6) is 0.105. The summed E-state index contributed by atoms with van der Waals surface area (Å²) in [6.07, 6.45) is 2.61. The van der Waals surface area contributed by atoms with Gasteiger partial charge in [-0.05, 0) is 42.0 Å². The van der Waals surface area contributed by atoms with Crippen molar-refractivity contribution in [3.8, 4) is 0 Å². The highest BCUT2D eigenvalue weighted by atomic mass is 19.1. The van der Waals surface area contributed by atoms with E-state index in [9.17, 15) is 9.18 Å². The third-order valence-corrected chi connectivity index (χ3v) is 4.40. The Balaban J connectivity index is 1.67. The monoisotopic (exact) mass is 311 g/mol. The molecule has 1 aliphatic carbocycles. The summed E-state index contributed by atoms with van der Waals surface area (Å²) in [5, 5.41) is 0. The molecule has 3 rings (SSSR count). The first-order chi connectivity index (χ1) is 11.1. The van der Waals surface area contributed by atoms with Gasteiger partial charge in [-0.1, -0.05) is 49.4 Å². The molecule has 0 spiro atoms. The highest BCUT2D eigenvalue weighted by Gasteiger charge is 2.33. The molecule has 1 aliphatic rings. The second kappa shape index (κ2) is 6.95. The van der Waals surface area contributed by atoms with Crippen LogP contribution in [0.3, 0.4) is 0 Å². The Labute approximate surface area is 136 Å². The molecule has 0 radical (unpaired) electrons. The summed E-state index contributed by atoms with van der Waals surface area (Å²) in [7, 11) is 0. The topological polar surface area (TPSA) is 20.3 Å². The molecule has 1 fully saturated rings. The van der Waals surface area contributed by atoms with Crippen LogP contribution in [-0.4, -0.2) is 16.8 Å². The number of rotatable bonds is 6. The number of benzene rings is 2. The van der Waals surface area contributed by atoms with Gasteiger partial charge in [0, 0.05) is 19.0 Å². The van der Waals surface area contributed by atoms with Gasteiger partial charge in [-0.15, -0.1) is 0 Å². The van der Waals surface area contributed by atoms with E-state index in [1.165, 1.54) is 17.7 Å². The lowest BCUT2D eigenvalue weighted by atomic mass is 9.97. The average Bonchev–Trinajstić information content (AvgIpc) is 3.38. The molecule has 0 aromatic heterocycles. The first kappa shape index (κ1) is 15.7. The number of carbonyl (C=O) groups excluding carboxylic acids is 1. The fourth-order valence-corrected chi connectivity index (χ4v) is 2.92. The van der Waals surface area contributed by atoms with E-state index in [0.717, 1.165) is 18.4 Å². The molecule has 0 N–H and O–H groups in total. The zero-order valence-electron chi connectivity index (χ0n) is 13.4. The summed E-state index contributed by atoms with van der Waals surface area (Å²) >= 11 is 0. The van der Waals surface area contributed by atoms with E-state index in [1.54, 1.807) is 6.07 Å². The van der Waals surface area contributed by atoms with Gasteiger partial charge < -0.3 is 4.90 Å². The van der Waals surface area contributed by atoms with E-state index in [-0.39, 0.29) is 17.6 Å². The Morgan fingerprint density at radius 3 is 2.57 bits per heavy atom. The summed E-state index contributed by atoms with van der Waals surface area (Å²) in [4.78, 5) is 14.7. The molecule has 1 unspecified atom stereocenters. The predicted molar refractivity (Wildman–Crippen MR) is 89.4 cm³/mol. The van der Waals surface area contributed by atoms with Gasteiger partial charge in [-0.3, -0.25) is 4.79 Å². The lowest BCUT2D eigenvalue weighted by Gasteiger charge is -2.24. The van der Waals surface area contributed by atoms with Gasteiger partial charge in [-0.2, -0.15) is 0 Å². The van der Waals surface area contributed by atoms with Crippen molar-refractivity contribution >= 4 is 5.91 Å². The van der Waals surface area contributed by atoms with Crippen molar-refractivity contribution in [1.82, 2.24) is 4.90 Å². The van der Waals surface area contributed by atoms with E-state index in [0.29, 0.717) is 19.0 Å². The quantitative estimate of drug-likeness (QED) is 0.768. The standard InChI is InChI=1S/C20H22FNO/c1-15(17-7-3-2-4-8-17)12-20(23)22(19-10-11-19)14-16-6-5-9-18(21)13-16/h2-9,13,15,19H,10-12,14H2,1H3. The van der Waals surface area contributed by atoms with Crippen LogP contribution in [-0.2, 0) is 11.3 Å². The molecule has 2 nitrogen and oxygen atoms in total. The van der Waals surface area contributed by atoms with Crippen LogP contribution < -0.4 is 0 Å². The molecule has 0 saturated heterocycles. The number of halogens is 1. The Morgan fingerprint density at radius 2 is 1.91 bits per heavy atom. The summed E-state index contributed by atoms with van der Waals surface area (Å²) in [6.45, 7) is 2.59. The lowest BCUT2D eigenvalue weighted by Crippen LogP contribution is -2.33. The van der Waals surface area contributed by atoms with Crippen LogP contribution in [0.15, 0.2) is 54.6 Å². The van der Waals surface area contributed by atoms with Gasteiger partial charge in [-0.25, -0.2) is 4.39 Å². The van der Waals surface area contributed by atoms with Crippen molar-refractivity contribution in [2.75, 3.05) is 0 Å². The zero-order chi connectivity index (χ0) is 16.2. The third kappa shape index (κ3) is 4.19. The molecule has 2 aromatic rings. The first-order valence-electron chi connectivity index (χ1n) is 8.22. The van der Waals surface area contributed by atoms with Crippen LogP contribution >= 0.6 is 0 Å². The number of amides is 1. The van der Waals surface area contributed by atoms with Crippen molar-refractivity contribution in [1.29, 1.82) is 0 Å². The van der Waals surface area contributed by atoms with Crippen LogP contribution in [0.4, 0.5) is 4.39 Å². The summed E-state index contributed by atoms with van der Waals surface area (Å²) in [6, 6.07) is 17.0. The highest BCUT2D eigenvalue weighted by Crippen LogP contribution is 2.30. The van der Waals surface area contributed by atoms with Crippen molar-refractivity contribution in [2.24, 2.45) is 0 Å². The number of hydrogen-bond donors (Lipinski definition) is 0. The highest BCUT2D eigenvalue weighted by molar-refractivity contribution is 5.77. The SMILES string of the molecule is CC(CC(=O)N(Cc1cccc(F)c1)C1CC1)c1ccccc1. The van der Waals surface area contributed by atoms with Crippen LogP contribution in [0.25, 0.3) is 0 Å². The number of nitrogens with zero attached hydrogens (tertiary/aromatic N) is 1. The molecule has 1 saturated carbocycles. The van der Waals surface area contributed by atoms with Crippen molar-refractivity contribution < 1.29 is 9.18 Å². The maximum absolute atomic E-state index is 13.4. The second-order valence-corrected chi connectivity index (χ2v) is 6.40. The fourth-order valence-electron chi connectivity index (χ4n) is 2.92. The minimum absolute atomic E-state index is 0.160.